The molecule has 6 rings (SSSR count). The van der Waals surface area contributed by atoms with Crippen LogP contribution in [0.15, 0.2) is 81.2 Å². The van der Waals surface area contributed by atoms with Crippen molar-refractivity contribution in [3.05, 3.63) is 98.6 Å². The summed E-state index contributed by atoms with van der Waals surface area (Å²) in [7, 11) is 0. The molecule has 7 nitrogen and oxygen atoms in total. The highest BCUT2D eigenvalue weighted by Gasteiger charge is 2.23. The summed E-state index contributed by atoms with van der Waals surface area (Å²) >= 11 is 3.47. The van der Waals surface area contributed by atoms with Crippen LogP contribution in [0, 0.1) is 0 Å². The number of para-hydroxylation sites is 1. The highest BCUT2D eigenvalue weighted by atomic mass is 79.9. The summed E-state index contributed by atoms with van der Waals surface area (Å²) in [4.78, 5) is 18.3. The van der Waals surface area contributed by atoms with Gasteiger partial charge in [-0.2, -0.15) is 9.78 Å². The van der Waals surface area contributed by atoms with Gasteiger partial charge in [-0.05, 0) is 42.0 Å². The van der Waals surface area contributed by atoms with E-state index in [0.29, 0.717) is 23.3 Å². The minimum absolute atomic E-state index is 0.198. The van der Waals surface area contributed by atoms with Crippen LogP contribution in [-0.2, 0) is 12.0 Å². The molecule has 0 unspecified atom stereocenters. The summed E-state index contributed by atoms with van der Waals surface area (Å²) in [5.74, 6) is 2.14. The summed E-state index contributed by atoms with van der Waals surface area (Å²) in [5.41, 5.74) is 3.17. The number of ether oxygens (including phenoxy) is 2. The minimum Gasteiger partial charge on any atom is -0.454 e. The Morgan fingerprint density at radius 1 is 1.03 bits per heavy atom. The predicted octanol–water partition coefficient (Wildman–Crippen LogP) is 6.07. The van der Waals surface area contributed by atoms with Crippen molar-refractivity contribution in [2.24, 2.45) is 5.10 Å². The molecule has 0 saturated carbocycles. The van der Waals surface area contributed by atoms with E-state index in [0.717, 1.165) is 38.0 Å². The summed E-state index contributed by atoms with van der Waals surface area (Å²) in [6.07, 6.45) is 3.81. The van der Waals surface area contributed by atoms with E-state index in [9.17, 15) is 4.79 Å². The van der Waals surface area contributed by atoms with Gasteiger partial charge in [0.05, 0.1) is 17.1 Å². The minimum atomic E-state index is -0.384. The highest BCUT2D eigenvalue weighted by Crippen LogP contribution is 2.33. The quantitative estimate of drug-likeness (QED) is 0.252. The van der Waals surface area contributed by atoms with Crippen molar-refractivity contribution in [1.29, 1.82) is 0 Å². The molecule has 3 aromatic carbocycles. The first-order chi connectivity index (χ1) is 17.8. The molecule has 0 bridgehead atoms. The number of aromatic nitrogens is 3. The third-order valence-corrected chi connectivity index (χ3v) is 6.89. The van der Waals surface area contributed by atoms with Crippen molar-refractivity contribution in [1.82, 2.24) is 14.2 Å². The van der Waals surface area contributed by atoms with Gasteiger partial charge in [0.25, 0.3) is 5.56 Å². The normalized spacial score (nSPS) is 13.3. The Labute approximate surface area is 222 Å². The van der Waals surface area contributed by atoms with E-state index in [1.54, 1.807) is 12.3 Å². The molecule has 8 heteroatoms. The second kappa shape index (κ2) is 8.88. The molecule has 5 aromatic rings. The first-order valence-electron chi connectivity index (χ1n) is 12.0. The van der Waals surface area contributed by atoms with E-state index in [2.05, 4.69) is 38.8 Å². The van der Waals surface area contributed by atoms with Crippen molar-refractivity contribution < 1.29 is 9.47 Å². The van der Waals surface area contributed by atoms with E-state index in [-0.39, 0.29) is 17.8 Å². The average Bonchev–Trinajstić information content (AvgIpc) is 3.48. The second-order valence-electron chi connectivity index (χ2n) is 10.1. The zero-order valence-electron chi connectivity index (χ0n) is 20.7. The average molecular weight is 557 g/mol. The molecule has 186 valence electrons. The molecule has 2 aromatic heterocycles. The zero-order valence-corrected chi connectivity index (χ0v) is 22.3. The molecule has 1 aliphatic rings. The molecular formula is C29H25BrN4O3. The lowest BCUT2D eigenvalue weighted by atomic mass is 9.95. The Kier molecular flexibility index (Phi) is 5.64. The van der Waals surface area contributed by atoms with E-state index in [4.69, 9.17) is 19.6 Å². The van der Waals surface area contributed by atoms with Gasteiger partial charge in [0.2, 0.25) is 6.79 Å². The zero-order chi connectivity index (χ0) is 25.7. The third kappa shape index (κ3) is 4.31. The van der Waals surface area contributed by atoms with Gasteiger partial charge in [-0.3, -0.25) is 4.79 Å². The Hall–Kier alpha value is -3.91. The molecule has 0 aliphatic carbocycles. The van der Waals surface area contributed by atoms with Gasteiger partial charge in [0, 0.05) is 39.1 Å². The van der Waals surface area contributed by atoms with Gasteiger partial charge in [0.1, 0.15) is 5.82 Å². The number of nitrogens with zero attached hydrogens (tertiary/aromatic N) is 4. The number of halogens is 1. The molecule has 1 aliphatic heterocycles. The van der Waals surface area contributed by atoms with Crippen LogP contribution in [0.2, 0.25) is 0 Å². The van der Waals surface area contributed by atoms with Crippen molar-refractivity contribution in [3.8, 4) is 11.5 Å². The third-order valence-electron chi connectivity index (χ3n) is 6.40. The molecular weight excluding hydrogens is 532 g/mol. The van der Waals surface area contributed by atoms with Gasteiger partial charge < -0.3 is 14.0 Å². The number of hydrogen-bond donors (Lipinski definition) is 0. The van der Waals surface area contributed by atoms with Crippen molar-refractivity contribution in [3.63, 3.8) is 0 Å². The Balaban J connectivity index is 1.44. The van der Waals surface area contributed by atoms with Crippen molar-refractivity contribution in [2.75, 3.05) is 6.79 Å². The SMILES string of the molecule is CC(C)(C)c1nc2ccc(Br)cc2c(=O)n1N=Cc1cn(Cc2ccc3c(c2)OCO3)c2ccccc12. The van der Waals surface area contributed by atoms with Gasteiger partial charge in [-0.15, -0.1) is 0 Å². The van der Waals surface area contributed by atoms with Gasteiger partial charge in [0.15, 0.2) is 11.5 Å². The molecule has 0 atom stereocenters. The largest absolute Gasteiger partial charge is 0.454 e. The smallest absolute Gasteiger partial charge is 0.282 e. The summed E-state index contributed by atoms with van der Waals surface area (Å²) in [5, 5.41) is 6.26. The number of fused-ring (bicyclic) bond motifs is 3. The van der Waals surface area contributed by atoms with E-state index < -0.39 is 0 Å². The standard InChI is InChI=1S/C29H25BrN4O3/c1-29(2,3)28-32-23-10-9-20(30)13-22(23)27(35)34(28)31-14-19-16-33(24-7-5-4-6-21(19)24)15-18-8-11-25-26(12-18)37-17-36-25/h4-14,16H,15,17H2,1-3H3. The Bertz CT molecular complexity index is 1760. The number of hydrogen-bond acceptors (Lipinski definition) is 5. The maximum absolute atomic E-state index is 13.5. The Morgan fingerprint density at radius 2 is 1.84 bits per heavy atom. The summed E-state index contributed by atoms with van der Waals surface area (Å²) in [6.45, 7) is 7.00. The van der Waals surface area contributed by atoms with Crippen LogP contribution >= 0.6 is 15.9 Å². The Morgan fingerprint density at radius 3 is 2.68 bits per heavy atom. The summed E-state index contributed by atoms with van der Waals surface area (Å²) in [6, 6.07) is 19.7. The molecule has 0 saturated heterocycles. The van der Waals surface area contributed by atoms with Crippen LogP contribution in [0.5, 0.6) is 11.5 Å². The first kappa shape index (κ1) is 23.5. The van der Waals surface area contributed by atoms with Crippen LogP contribution in [0.25, 0.3) is 21.8 Å². The maximum Gasteiger partial charge on any atom is 0.282 e. The van der Waals surface area contributed by atoms with Gasteiger partial charge >= 0.3 is 0 Å². The van der Waals surface area contributed by atoms with Crippen LogP contribution in [-0.4, -0.2) is 27.2 Å². The molecule has 0 radical (unpaired) electrons. The highest BCUT2D eigenvalue weighted by molar-refractivity contribution is 9.10. The fraction of sp³-hybridized carbons (Fsp3) is 0.207. The number of benzene rings is 3. The topological polar surface area (TPSA) is 70.6 Å². The van der Waals surface area contributed by atoms with Crippen molar-refractivity contribution >= 4 is 44.0 Å². The van der Waals surface area contributed by atoms with Crippen LogP contribution < -0.4 is 15.0 Å². The van der Waals surface area contributed by atoms with Gasteiger partial charge in [-0.25, -0.2) is 4.98 Å². The number of rotatable bonds is 4. The first-order valence-corrected chi connectivity index (χ1v) is 12.8. The van der Waals surface area contributed by atoms with Crippen LogP contribution in [0.4, 0.5) is 0 Å². The van der Waals surface area contributed by atoms with E-state index in [1.165, 1.54) is 4.68 Å². The van der Waals surface area contributed by atoms with E-state index >= 15 is 0 Å². The fourth-order valence-corrected chi connectivity index (χ4v) is 4.97. The van der Waals surface area contributed by atoms with Crippen LogP contribution in [0.1, 0.15) is 37.7 Å². The van der Waals surface area contributed by atoms with Crippen LogP contribution in [0.3, 0.4) is 0 Å². The predicted molar refractivity (Wildman–Crippen MR) is 149 cm³/mol. The van der Waals surface area contributed by atoms with Gasteiger partial charge in [-0.1, -0.05) is 61.0 Å². The summed E-state index contributed by atoms with van der Waals surface area (Å²) < 4.78 is 15.4. The lowest BCUT2D eigenvalue weighted by molar-refractivity contribution is 0.174. The monoisotopic (exact) mass is 556 g/mol. The molecule has 0 spiro atoms. The lowest BCUT2D eigenvalue weighted by Gasteiger charge is -2.20. The lowest BCUT2D eigenvalue weighted by Crippen LogP contribution is -2.29. The molecule has 0 fully saturated rings. The molecule has 37 heavy (non-hydrogen) atoms. The second-order valence-corrected chi connectivity index (χ2v) is 11.0. The molecule has 0 N–H and O–H groups in total. The molecule has 0 amide bonds. The van der Waals surface area contributed by atoms with Crippen molar-refractivity contribution in [2.45, 2.75) is 32.7 Å². The maximum atomic E-state index is 13.5. The fourth-order valence-electron chi connectivity index (χ4n) is 4.61. The molecule has 3 heterocycles. The van der Waals surface area contributed by atoms with E-state index in [1.807, 2.05) is 63.2 Å².